The third kappa shape index (κ3) is 3.81. The Balaban J connectivity index is 2.17. The molecule has 1 aromatic heterocycles. The Morgan fingerprint density at radius 3 is 2.81 bits per heavy atom. The lowest BCUT2D eigenvalue weighted by atomic mass is 10.2. The largest absolute Gasteiger partial charge is 0.493 e. The van der Waals surface area contributed by atoms with Gasteiger partial charge in [0.1, 0.15) is 0 Å². The van der Waals surface area contributed by atoms with Crippen LogP contribution in [0.15, 0.2) is 39.8 Å². The first-order valence-corrected chi connectivity index (χ1v) is 8.63. The standard InChI is InChI=1S/C15H20BrN3OS/c1-4-19-15(13(20-3)9-18-19)12(17-2)10-21-14-8-6-5-7-11(14)16/h5-9,12,17H,4,10H2,1-3H3. The molecule has 0 spiro atoms. The van der Waals surface area contributed by atoms with Crippen LogP contribution in [0.4, 0.5) is 0 Å². The Morgan fingerprint density at radius 2 is 2.19 bits per heavy atom. The van der Waals surface area contributed by atoms with Crippen LogP contribution in [0.5, 0.6) is 5.75 Å². The van der Waals surface area contributed by atoms with Crippen molar-refractivity contribution in [3.05, 3.63) is 40.6 Å². The minimum atomic E-state index is 0.180. The maximum absolute atomic E-state index is 5.44. The van der Waals surface area contributed by atoms with E-state index in [0.29, 0.717) is 0 Å². The van der Waals surface area contributed by atoms with Crippen molar-refractivity contribution in [3.8, 4) is 5.75 Å². The van der Waals surface area contributed by atoms with Gasteiger partial charge in [-0.3, -0.25) is 4.68 Å². The Bertz CT molecular complexity index is 567. The molecule has 0 fully saturated rings. The van der Waals surface area contributed by atoms with E-state index in [1.807, 2.05) is 29.6 Å². The van der Waals surface area contributed by atoms with Crippen LogP contribution in [0, 0.1) is 0 Å². The van der Waals surface area contributed by atoms with Crippen molar-refractivity contribution in [3.63, 3.8) is 0 Å². The third-order valence-corrected chi connectivity index (χ3v) is 5.41. The molecule has 0 radical (unpaired) electrons. The Hall–Kier alpha value is -0.980. The van der Waals surface area contributed by atoms with E-state index in [-0.39, 0.29) is 6.04 Å². The number of aromatic nitrogens is 2. The fourth-order valence-corrected chi connectivity index (χ4v) is 3.85. The molecule has 0 amide bonds. The van der Waals surface area contributed by atoms with E-state index in [4.69, 9.17) is 4.74 Å². The molecule has 4 nitrogen and oxygen atoms in total. The minimum Gasteiger partial charge on any atom is -0.493 e. The van der Waals surface area contributed by atoms with Gasteiger partial charge in [-0.2, -0.15) is 5.10 Å². The van der Waals surface area contributed by atoms with E-state index < -0.39 is 0 Å². The van der Waals surface area contributed by atoms with E-state index in [0.717, 1.165) is 28.2 Å². The summed E-state index contributed by atoms with van der Waals surface area (Å²) in [4.78, 5) is 1.24. The van der Waals surface area contributed by atoms with Crippen LogP contribution >= 0.6 is 27.7 Å². The molecule has 1 unspecified atom stereocenters. The second kappa shape index (κ2) is 7.87. The fraction of sp³-hybridized carbons (Fsp3) is 0.400. The molecule has 0 saturated carbocycles. The maximum atomic E-state index is 5.44. The first-order chi connectivity index (χ1) is 10.2. The van der Waals surface area contributed by atoms with E-state index in [1.54, 1.807) is 13.3 Å². The highest BCUT2D eigenvalue weighted by molar-refractivity contribution is 9.10. The van der Waals surface area contributed by atoms with Crippen molar-refractivity contribution in [2.24, 2.45) is 0 Å². The SMILES string of the molecule is CCn1ncc(OC)c1C(CSc1ccccc1Br)NC. The zero-order chi connectivity index (χ0) is 15.2. The van der Waals surface area contributed by atoms with Gasteiger partial charge < -0.3 is 10.1 Å². The number of ether oxygens (including phenoxy) is 1. The number of halogens is 1. The van der Waals surface area contributed by atoms with Crippen molar-refractivity contribution < 1.29 is 4.74 Å². The summed E-state index contributed by atoms with van der Waals surface area (Å²) in [5, 5.41) is 7.75. The Kier molecular flexibility index (Phi) is 6.14. The number of hydrogen-bond acceptors (Lipinski definition) is 4. The van der Waals surface area contributed by atoms with Gasteiger partial charge in [-0.15, -0.1) is 11.8 Å². The molecule has 2 aromatic rings. The van der Waals surface area contributed by atoms with Crippen LogP contribution in [-0.4, -0.2) is 29.7 Å². The van der Waals surface area contributed by atoms with E-state index in [2.05, 4.69) is 51.5 Å². The molecule has 0 aliphatic rings. The molecule has 0 aliphatic carbocycles. The van der Waals surface area contributed by atoms with Crippen LogP contribution in [0.2, 0.25) is 0 Å². The van der Waals surface area contributed by atoms with Gasteiger partial charge in [-0.25, -0.2) is 0 Å². The van der Waals surface area contributed by atoms with Crippen molar-refractivity contribution >= 4 is 27.7 Å². The predicted molar refractivity (Wildman–Crippen MR) is 91.1 cm³/mol. The number of aryl methyl sites for hydroxylation is 1. The van der Waals surface area contributed by atoms with Crippen LogP contribution in [0.1, 0.15) is 18.7 Å². The summed E-state index contributed by atoms with van der Waals surface area (Å²) in [6.07, 6.45) is 1.78. The number of nitrogens with zero attached hydrogens (tertiary/aromatic N) is 2. The quantitative estimate of drug-likeness (QED) is 0.754. The van der Waals surface area contributed by atoms with Gasteiger partial charge in [0.15, 0.2) is 5.75 Å². The van der Waals surface area contributed by atoms with E-state index in [9.17, 15) is 0 Å². The third-order valence-electron chi connectivity index (χ3n) is 3.29. The predicted octanol–water partition coefficient (Wildman–Crippen LogP) is 3.73. The average molecular weight is 370 g/mol. The van der Waals surface area contributed by atoms with Gasteiger partial charge in [0.2, 0.25) is 0 Å². The van der Waals surface area contributed by atoms with Crippen molar-refractivity contribution in [2.75, 3.05) is 19.9 Å². The molecule has 1 aromatic carbocycles. The highest BCUT2D eigenvalue weighted by Crippen LogP contribution is 2.33. The summed E-state index contributed by atoms with van der Waals surface area (Å²) in [5.41, 5.74) is 1.10. The van der Waals surface area contributed by atoms with Crippen LogP contribution in [0.25, 0.3) is 0 Å². The Labute approximate surface area is 138 Å². The van der Waals surface area contributed by atoms with Gasteiger partial charge in [-0.05, 0) is 42.0 Å². The van der Waals surface area contributed by atoms with Gasteiger partial charge >= 0.3 is 0 Å². The van der Waals surface area contributed by atoms with Gasteiger partial charge in [0, 0.05) is 21.7 Å². The molecule has 0 bridgehead atoms. The zero-order valence-electron chi connectivity index (χ0n) is 12.5. The molecule has 21 heavy (non-hydrogen) atoms. The van der Waals surface area contributed by atoms with Crippen molar-refractivity contribution in [1.29, 1.82) is 0 Å². The summed E-state index contributed by atoms with van der Waals surface area (Å²) in [7, 11) is 3.66. The number of methoxy groups -OCH3 is 1. The summed E-state index contributed by atoms with van der Waals surface area (Å²) in [6.45, 7) is 2.92. The lowest BCUT2D eigenvalue weighted by Gasteiger charge is -2.19. The number of thioether (sulfide) groups is 1. The summed E-state index contributed by atoms with van der Waals surface area (Å²) in [6, 6.07) is 8.44. The smallest absolute Gasteiger partial charge is 0.161 e. The molecule has 6 heteroatoms. The van der Waals surface area contributed by atoms with Gasteiger partial charge in [0.05, 0.1) is 25.0 Å². The highest BCUT2D eigenvalue weighted by atomic mass is 79.9. The summed E-state index contributed by atoms with van der Waals surface area (Å²) in [5.74, 6) is 1.74. The molecule has 114 valence electrons. The normalized spacial score (nSPS) is 12.4. The topological polar surface area (TPSA) is 39.1 Å². The van der Waals surface area contributed by atoms with Crippen LogP contribution in [0.3, 0.4) is 0 Å². The second-order valence-corrected chi connectivity index (χ2v) is 6.41. The monoisotopic (exact) mass is 369 g/mol. The lowest BCUT2D eigenvalue weighted by Crippen LogP contribution is -2.23. The number of hydrogen-bond donors (Lipinski definition) is 1. The summed E-state index contributed by atoms with van der Waals surface area (Å²) >= 11 is 5.40. The average Bonchev–Trinajstić information content (AvgIpc) is 2.92. The number of nitrogens with one attached hydrogen (secondary N) is 1. The first-order valence-electron chi connectivity index (χ1n) is 6.85. The minimum absolute atomic E-state index is 0.180. The molecule has 1 heterocycles. The van der Waals surface area contributed by atoms with E-state index >= 15 is 0 Å². The van der Waals surface area contributed by atoms with Gasteiger partial charge in [-0.1, -0.05) is 12.1 Å². The molecule has 1 atom stereocenters. The van der Waals surface area contributed by atoms with E-state index in [1.165, 1.54) is 4.90 Å². The van der Waals surface area contributed by atoms with Crippen molar-refractivity contribution in [1.82, 2.24) is 15.1 Å². The molecule has 2 rings (SSSR count). The first kappa shape index (κ1) is 16.4. The fourth-order valence-electron chi connectivity index (χ4n) is 2.17. The molecule has 1 N–H and O–H groups in total. The molecular formula is C15H20BrN3OS. The van der Waals surface area contributed by atoms with Crippen LogP contribution < -0.4 is 10.1 Å². The summed E-state index contributed by atoms with van der Waals surface area (Å²) < 4.78 is 8.56. The van der Waals surface area contributed by atoms with Gasteiger partial charge in [0.25, 0.3) is 0 Å². The lowest BCUT2D eigenvalue weighted by molar-refractivity contribution is 0.399. The van der Waals surface area contributed by atoms with Crippen LogP contribution in [-0.2, 0) is 6.54 Å². The highest BCUT2D eigenvalue weighted by Gasteiger charge is 2.20. The Morgan fingerprint density at radius 1 is 1.43 bits per heavy atom. The molecule has 0 aliphatic heterocycles. The zero-order valence-corrected chi connectivity index (χ0v) is 14.9. The molecule has 0 saturated heterocycles. The second-order valence-electron chi connectivity index (χ2n) is 4.50. The number of benzene rings is 1. The molecular weight excluding hydrogens is 350 g/mol. The number of rotatable bonds is 7. The maximum Gasteiger partial charge on any atom is 0.161 e. The van der Waals surface area contributed by atoms with Crippen molar-refractivity contribution in [2.45, 2.75) is 24.4 Å².